The monoisotopic (exact) mass is 283 g/mol. The van der Waals surface area contributed by atoms with E-state index in [0.717, 1.165) is 0 Å². The van der Waals surface area contributed by atoms with Gasteiger partial charge in [0, 0.05) is 0 Å². The van der Waals surface area contributed by atoms with E-state index < -0.39 is 0 Å². The van der Waals surface area contributed by atoms with Crippen LogP contribution in [0.5, 0.6) is 0 Å². The van der Waals surface area contributed by atoms with E-state index in [1.54, 1.807) is 31.2 Å². The molecular formula is C14H20CuO2. The first kappa shape index (κ1) is 18.6. The third-order valence-electron chi connectivity index (χ3n) is 1.23. The van der Waals surface area contributed by atoms with Gasteiger partial charge in [-0.1, -0.05) is 20.8 Å². The third-order valence-corrected chi connectivity index (χ3v) is 1.23. The molecule has 0 fully saturated rings. The van der Waals surface area contributed by atoms with Gasteiger partial charge in [0.05, 0.1) is 6.61 Å². The summed E-state index contributed by atoms with van der Waals surface area (Å²) in [7, 11) is 0. The maximum absolute atomic E-state index is 11.0. The molecule has 17 heavy (non-hydrogen) atoms. The number of ether oxygens (including phenoxy) is 1. The predicted molar refractivity (Wildman–Crippen MR) is 66.0 cm³/mol. The molecule has 0 atom stereocenters. The van der Waals surface area contributed by atoms with Crippen LogP contribution in [0.25, 0.3) is 0 Å². The van der Waals surface area contributed by atoms with Crippen LogP contribution in [-0.4, -0.2) is 12.6 Å². The van der Waals surface area contributed by atoms with E-state index >= 15 is 0 Å². The van der Waals surface area contributed by atoms with Crippen molar-refractivity contribution in [3.63, 3.8) is 0 Å². The molecule has 1 radical (unpaired) electrons. The van der Waals surface area contributed by atoms with Crippen molar-refractivity contribution < 1.29 is 26.6 Å². The van der Waals surface area contributed by atoms with Gasteiger partial charge in [0.2, 0.25) is 0 Å². The van der Waals surface area contributed by atoms with E-state index in [-0.39, 0.29) is 28.5 Å². The van der Waals surface area contributed by atoms with Crippen molar-refractivity contribution in [2.24, 2.45) is 5.41 Å². The Balaban J connectivity index is 0. The van der Waals surface area contributed by atoms with Gasteiger partial charge in [-0.05, 0) is 12.5 Å². The Kier molecular flexibility index (Phi) is 10.1. The second-order valence-corrected chi connectivity index (χ2v) is 4.57. The summed E-state index contributed by atoms with van der Waals surface area (Å²) in [4.78, 5) is 11.0. The number of esters is 1. The van der Waals surface area contributed by atoms with Crippen LogP contribution < -0.4 is 0 Å². The first-order valence-electron chi connectivity index (χ1n) is 5.33. The molecule has 0 aliphatic carbocycles. The molecule has 0 bridgehead atoms. The summed E-state index contributed by atoms with van der Waals surface area (Å²) in [6, 6.07) is 9.55. The maximum Gasteiger partial charge on any atom is 2.00 e. The minimum atomic E-state index is -0.276. The van der Waals surface area contributed by atoms with Gasteiger partial charge in [0.1, 0.15) is 0 Å². The van der Waals surface area contributed by atoms with Gasteiger partial charge in [0.25, 0.3) is 0 Å². The Morgan fingerprint density at radius 2 is 1.76 bits per heavy atom. The molecule has 99 valence electrons. The van der Waals surface area contributed by atoms with Crippen LogP contribution >= 0.6 is 0 Å². The summed E-state index contributed by atoms with van der Waals surface area (Å²) >= 11 is 0. The number of carbonyl (C=O) groups excluding carboxylic acids is 1. The summed E-state index contributed by atoms with van der Waals surface area (Å²) < 4.78 is 4.78. The standard InChI is InChI=1S/C9H9O2.C5H11.Cu/c1-2-11-9(10)8-6-4-3-5-7-8;1-5(2,3)4;/h4-7H,2H2,1H3;1H2,2-4H3;/q2*-1;+2. The van der Waals surface area contributed by atoms with Crippen LogP contribution in [0.3, 0.4) is 0 Å². The van der Waals surface area contributed by atoms with Crippen LogP contribution in [-0.2, 0) is 21.8 Å². The van der Waals surface area contributed by atoms with Gasteiger partial charge in [0.15, 0.2) is 0 Å². The van der Waals surface area contributed by atoms with E-state index in [1.807, 2.05) is 0 Å². The smallest absolute Gasteiger partial charge is 0.464 e. The zero-order valence-electron chi connectivity index (χ0n) is 10.8. The van der Waals surface area contributed by atoms with Crippen LogP contribution in [0.1, 0.15) is 38.1 Å². The molecule has 0 saturated heterocycles. The van der Waals surface area contributed by atoms with Gasteiger partial charge in [-0.2, -0.15) is 35.7 Å². The predicted octanol–water partition coefficient (Wildman–Crippen LogP) is 3.53. The SMILES string of the molecule is CCOC(=O)c1cc[c-]cc1.[CH2-]C(C)(C)C.[Cu+2]. The molecule has 0 unspecified atom stereocenters. The molecule has 1 aromatic carbocycles. The molecule has 1 aromatic rings. The van der Waals surface area contributed by atoms with Crippen molar-refractivity contribution in [2.75, 3.05) is 6.61 Å². The first-order valence-corrected chi connectivity index (χ1v) is 5.33. The van der Waals surface area contributed by atoms with Gasteiger partial charge in [-0.15, -0.1) is 0 Å². The van der Waals surface area contributed by atoms with Gasteiger partial charge in [-0.25, -0.2) is 4.79 Å². The second-order valence-electron chi connectivity index (χ2n) is 4.57. The average Bonchev–Trinajstić information content (AvgIpc) is 2.17. The fourth-order valence-electron chi connectivity index (χ4n) is 0.737. The van der Waals surface area contributed by atoms with Crippen molar-refractivity contribution in [3.8, 4) is 0 Å². The first-order chi connectivity index (χ1) is 7.34. The van der Waals surface area contributed by atoms with Crippen molar-refractivity contribution in [3.05, 3.63) is 42.8 Å². The Morgan fingerprint density at radius 3 is 2.12 bits per heavy atom. The molecule has 0 amide bonds. The molecule has 0 aromatic heterocycles. The molecular weight excluding hydrogens is 264 g/mol. The van der Waals surface area contributed by atoms with Crippen LogP contribution in [0.2, 0.25) is 0 Å². The van der Waals surface area contributed by atoms with E-state index in [4.69, 9.17) is 4.74 Å². The molecule has 0 saturated carbocycles. The van der Waals surface area contributed by atoms with E-state index in [9.17, 15) is 4.79 Å². The average molecular weight is 284 g/mol. The number of hydrogen-bond acceptors (Lipinski definition) is 2. The van der Waals surface area contributed by atoms with Crippen LogP contribution in [0, 0.1) is 18.4 Å². The second kappa shape index (κ2) is 9.26. The molecule has 1 rings (SSSR count). The molecule has 2 nitrogen and oxygen atoms in total. The largest absolute Gasteiger partial charge is 2.00 e. The van der Waals surface area contributed by atoms with Crippen molar-refractivity contribution in [1.29, 1.82) is 0 Å². The fourth-order valence-corrected chi connectivity index (χ4v) is 0.737. The minimum absolute atomic E-state index is 0. The third kappa shape index (κ3) is 13.1. The summed E-state index contributed by atoms with van der Waals surface area (Å²) in [5, 5.41) is 0. The number of hydrogen-bond donors (Lipinski definition) is 0. The summed E-state index contributed by atoms with van der Waals surface area (Å²) in [5.74, 6) is -0.276. The zero-order chi connectivity index (χ0) is 12.6. The van der Waals surface area contributed by atoms with Gasteiger partial charge >= 0.3 is 23.0 Å². The number of benzene rings is 1. The van der Waals surface area contributed by atoms with Crippen molar-refractivity contribution in [2.45, 2.75) is 27.7 Å². The molecule has 0 N–H and O–H groups in total. The molecule has 0 aliphatic rings. The Morgan fingerprint density at radius 1 is 1.35 bits per heavy atom. The quantitative estimate of drug-likeness (QED) is 0.471. The van der Waals surface area contributed by atoms with Gasteiger partial charge in [-0.3, -0.25) is 0 Å². The summed E-state index contributed by atoms with van der Waals surface area (Å²) in [6.45, 7) is 12.2. The molecule has 0 aliphatic heterocycles. The van der Waals surface area contributed by atoms with Crippen molar-refractivity contribution >= 4 is 5.97 Å². The summed E-state index contributed by atoms with van der Waals surface area (Å²) in [6.07, 6.45) is 0. The van der Waals surface area contributed by atoms with E-state index in [0.29, 0.717) is 12.2 Å². The summed E-state index contributed by atoms with van der Waals surface area (Å²) in [5.41, 5.74) is 0.825. The maximum atomic E-state index is 11.0. The zero-order valence-corrected chi connectivity index (χ0v) is 11.8. The van der Waals surface area contributed by atoms with Crippen LogP contribution in [0.15, 0.2) is 24.3 Å². The topological polar surface area (TPSA) is 26.3 Å². The molecule has 0 spiro atoms. The Hall–Kier alpha value is -0.791. The number of carbonyl (C=O) groups is 1. The Labute approximate surface area is 115 Å². The minimum Gasteiger partial charge on any atom is -0.464 e. The van der Waals surface area contributed by atoms with E-state index in [1.165, 1.54) is 0 Å². The van der Waals surface area contributed by atoms with Crippen LogP contribution in [0.4, 0.5) is 0 Å². The number of rotatable bonds is 2. The Bertz CT molecular complexity index is 296. The van der Waals surface area contributed by atoms with Gasteiger partial charge < -0.3 is 11.7 Å². The molecule has 0 heterocycles. The fraction of sp³-hybridized carbons (Fsp3) is 0.429. The molecule has 3 heteroatoms. The van der Waals surface area contributed by atoms with Crippen molar-refractivity contribution in [1.82, 2.24) is 0 Å². The van der Waals surface area contributed by atoms with E-state index in [2.05, 4.69) is 33.8 Å². The normalized spacial score (nSPS) is 9.47.